The molecule has 0 saturated heterocycles. The average Bonchev–Trinajstić information content (AvgIpc) is 3.94. The van der Waals surface area contributed by atoms with Crippen molar-refractivity contribution >= 4 is 89.7 Å². The summed E-state index contributed by atoms with van der Waals surface area (Å²) in [5, 5.41) is 6.13. The quantitative estimate of drug-likeness (QED) is 0.154. The zero-order valence-corrected chi connectivity index (χ0v) is 42.3. The third kappa shape index (κ3) is 5.49. The lowest BCUT2D eigenvalue weighted by Crippen LogP contribution is -2.56. The summed E-state index contributed by atoms with van der Waals surface area (Å²) >= 11 is 0. The number of aromatic nitrogens is 1. The molecule has 0 unspecified atom stereocenters. The minimum atomic E-state index is -0.235. The van der Waals surface area contributed by atoms with Gasteiger partial charge in [0.2, 0.25) is 0 Å². The largest absolute Gasteiger partial charge is 0.466 e. The summed E-state index contributed by atoms with van der Waals surface area (Å²) in [6.07, 6.45) is 4.62. The van der Waals surface area contributed by atoms with E-state index in [0.717, 1.165) is 52.7 Å². The molecule has 0 spiro atoms. The predicted molar refractivity (Wildman–Crippen MR) is 285 cm³/mol. The Morgan fingerprint density at radius 3 is 1.84 bits per heavy atom. The number of anilines is 3. The van der Waals surface area contributed by atoms with Gasteiger partial charge in [-0.25, -0.2) is 0 Å². The monoisotopic (exact) mass is 881 g/mol. The maximum atomic E-state index is 7.72. The summed E-state index contributed by atoms with van der Waals surface area (Å²) in [5.74, 6) is 0. The van der Waals surface area contributed by atoms with Crippen LogP contribution >= 0.6 is 0 Å². The maximum Gasteiger partial charge on any atom is 0.376 e. The molecule has 9 aromatic rings. The van der Waals surface area contributed by atoms with Gasteiger partial charge >= 0.3 is 6.85 Å². The normalized spacial score (nSPS) is 18.8. The van der Waals surface area contributed by atoms with Crippen LogP contribution < -0.4 is 16.0 Å². The summed E-state index contributed by atoms with van der Waals surface area (Å²) in [6.45, 7) is 33.4. The Bertz CT molecular complexity index is 3680. The number of rotatable bonds is 1. The predicted octanol–water partition coefficient (Wildman–Crippen LogP) is 16.2. The molecule has 67 heavy (non-hydrogen) atoms. The van der Waals surface area contributed by atoms with E-state index in [-0.39, 0.29) is 39.3 Å². The molecular weight excluding hydrogens is 816 g/mol. The van der Waals surface area contributed by atoms with Gasteiger partial charge < -0.3 is 18.2 Å². The Balaban J connectivity index is 1.25. The molecule has 13 rings (SSSR count). The molecule has 0 amide bonds. The van der Waals surface area contributed by atoms with E-state index in [1.807, 2.05) is 0 Å². The molecule has 4 aliphatic rings. The number of benzene rings is 6. The molecule has 0 saturated carbocycles. The maximum absolute atomic E-state index is 7.72. The molecule has 5 heterocycles. The zero-order chi connectivity index (χ0) is 46.9. The molecule has 0 N–H and O–H groups in total. The van der Waals surface area contributed by atoms with Crippen molar-refractivity contribution in [1.82, 2.24) is 4.48 Å². The molecule has 2 aliphatic heterocycles. The van der Waals surface area contributed by atoms with E-state index in [0.29, 0.717) is 0 Å². The highest BCUT2D eigenvalue weighted by molar-refractivity contribution is 6.90. The second-order valence-corrected chi connectivity index (χ2v) is 25.9. The van der Waals surface area contributed by atoms with Crippen LogP contribution in [0.2, 0.25) is 0 Å². The van der Waals surface area contributed by atoms with Gasteiger partial charge in [-0.05, 0) is 157 Å². The Hall–Kier alpha value is -5.68. The highest BCUT2D eigenvalue weighted by Gasteiger charge is 2.49. The third-order valence-corrected chi connectivity index (χ3v) is 17.6. The number of furan rings is 2. The van der Waals surface area contributed by atoms with E-state index in [4.69, 9.17) is 8.83 Å². The second kappa shape index (κ2) is 12.7. The van der Waals surface area contributed by atoms with Gasteiger partial charge in [-0.2, -0.15) is 0 Å². The molecule has 6 aromatic carbocycles. The first-order valence-electron chi connectivity index (χ1n) is 25.1. The van der Waals surface area contributed by atoms with Crippen LogP contribution in [0, 0.1) is 0 Å². The first-order chi connectivity index (χ1) is 31.4. The summed E-state index contributed by atoms with van der Waals surface area (Å²) in [6, 6.07) is 35.8. The van der Waals surface area contributed by atoms with Crippen molar-refractivity contribution in [3.8, 4) is 11.1 Å². The van der Waals surface area contributed by atoms with Crippen LogP contribution in [0.3, 0.4) is 0 Å². The summed E-state index contributed by atoms with van der Waals surface area (Å²) in [5.41, 5.74) is 22.2. The fourth-order valence-electron chi connectivity index (χ4n) is 13.2. The van der Waals surface area contributed by atoms with E-state index < -0.39 is 0 Å². The van der Waals surface area contributed by atoms with Crippen molar-refractivity contribution in [2.75, 3.05) is 4.90 Å². The van der Waals surface area contributed by atoms with Gasteiger partial charge in [0.25, 0.3) is 0 Å². The molecule has 0 bridgehead atoms. The van der Waals surface area contributed by atoms with Crippen LogP contribution in [0.1, 0.15) is 156 Å². The van der Waals surface area contributed by atoms with Gasteiger partial charge in [0, 0.05) is 61.0 Å². The number of para-hydroxylation sites is 1. The van der Waals surface area contributed by atoms with Gasteiger partial charge in [-0.1, -0.05) is 127 Å². The molecule has 338 valence electrons. The zero-order valence-electron chi connectivity index (χ0n) is 42.3. The first kappa shape index (κ1) is 41.5. The topological polar surface area (TPSA) is 34.5 Å². The molecule has 0 atom stereocenters. The van der Waals surface area contributed by atoms with Crippen molar-refractivity contribution in [3.63, 3.8) is 0 Å². The lowest BCUT2D eigenvalue weighted by molar-refractivity contribution is 0.332. The fraction of sp³-hybridized carbons (Fsp3) is 0.387. The van der Waals surface area contributed by atoms with Crippen LogP contribution in [0.15, 0.2) is 99.8 Å². The van der Waals surface area contributed by atoms with Gasteiger partial charge in [0.1, 0.15) is 22.4 Å². The molecule has 4 nitrogen and oxygen atoms in total. The van der Waals surface area contributed by atoms with E-state index >= 15 is 0 Å². The smallest absolute Gasteiger partial charge is 0.376 e. The number of hydrogen-bond donors (Lipinski definition) is 0. The average molecular weight is 881 g/mol. The summed E-state index contributed by atoms with van der Waals surface area (Å²) in [7, 11) is 0. The van der Waals surface area contributed by atoms with Crippen LogP contribution in [0.4, 0.5) is 17.1 Å². The van der Waals surface area contributed by atoms with E-state index in [1.54, 1.807) is 0 Å². The van der Waals surface area contributed by atoms with Crippen LogP contribution in [-0.4, -0.2) is 11.3 Å². The van der Waals surface area contributed by atoms with Gasteiger partial charge in [0.05, 0.1) is 5.69 Å². The Kier molecular flexibility index (Phi) is 7.86. The van der Waals surface area contributed by atoms with Crippen molar-refractivity contribution in [2.24, 2.45) is 0 Å². The van der Waals surface area contributed by atoms with E-state index in [1.165, 1.54) is 100 Å². The first-order valence-corrected chi connectivity index (χ1v) is 25.1. The standard InChI is InChI=1S/C62H65BN2O2/c1-57(2,3)34-19-22-46-38(27-34)39-28-35(58(4,5)6)29-41-52-51-37-17-15-16-18-48(37)66-50(51)33-47-53(52)63(65(46)54(39)41)56-55(40-31-44-45(32-49(40)67-56)62(13,14)26-25-61(44,11)12)64(47)36-20-21-42-43(30-36)60(9,10)24-23-59(42,7)8/h15-22,27-33H,23-26H2,1-14H3. The van der Waals surface area contributed by atoms with Crippen molar-refractivity contribution < 1.29 is 8.83 Å². The van der Waals surface area contributed by atoms with E-state index in [2.05, 4.69) is 197 Å². The highest BCUT2D eigenvalue weighted by Crippen LogP contribution is 2.55. The summed E-state index contributed by atoms with van der Waals surface area (Å²) < 4.78 is 17.5. The number of fused-ring (bicyclic) bond motifs is 15. The van der Waals surface area contributed by atoms with E-state index in [9.17, 15) is 0 Å². The minimum Gasteiger partial charge on any atom is -0.466 e. The molecule has 0 radical (unpaired) electrons. The lowest BCUT2D eigenvalue weighted by Gasteiger charge is -2.43. The van der Waals surface area contributed by atoms with Crippen LogP contribution in [0.25, 0.3) is 65.8 Å². The van der Waals surface area contributed by atoms with Gasteiger partial charge in [-0.3, -0.25) is 0 Å². The summed E-state index contributed by atoms with van der Waals surface area (Å²) in [4.78, 5) is 2.60. The van der Waals surface area contributed by atoms with Crippen LogP contribution in [0.5, 0.6) is 0 Å². The third-order valence-electron chi connectivity index (χ3n) is 17.6. The molecule has 3 aromatic heterocycles. The second-order valence-electron chi connectivity index (χ2n) is 25.9. The number of nitrogens with zero attached hydrogens (tertiary/aromatic N) is 2. The van der Waals surface area contributed by atoms with Gasteiger partial charge in [0.15, 0.2) is 0 Å². The Morgan fingerprint density at radius 2 is 1.15 bits per heavy atom. The highest BCUT2D eigenvalue weighted by atomic mass is 16.3. The molecule has 5 heteroatoms. The Labute approximate surface area is 396 Å². The fourth-order valence-corrected chi connectivity index (χ4v) is 13.2. The molecule has 0 fully saturated rings. The Morgan fingerprint density at radius 1 is 0.522 bits per heavy atom. The minimum absolute atomic E-state index is 0.0121. The van der Waals surface area contributed by atoms with Crippen molar-refractivity contribution in [2.45, 2.75) is 155 Å². The molecule has 2 aliphatic carbocycles. The van der Waals surface area contributed by atoms with Gasteiger partial charge in [-0.15, -0.1) is 0 Å². The SMILES string of the molecule is CC(C)(C)c1ccc2c(c1)c1cc(C(C)(C)C)cc3c1n2B1c2oc4cc5c(cc4c2N(c2ccc4c(c2)C(C)(C)CCC4(C)C)c2cc4oc6ccccc6c4c-3c21)C(C)(C)CCC5(C)C. The lowest BCUT2D eigenvalue weighted by atomic mass is 9.47. The van der Waals surface area contributed by atoms with Crippen LogP contribution in [-0.2, 0) is 32.5 Å². The van der Waals surface area contributed by atoms with Crippen molar-refractivity contribution in [3.05, 3.63) is 124 Å². The van der Waals surface area contributed by atoms with Crippen molar-refractivity contribution in [1.29, 1.82) is 0 Å². The molecular formula is C62H65BN2O2. The number of hydrogen-bond acceptors (Lipinski definition) is 3.